The summed E-state index contributed by atoms with van der Waals surface area (Å²) in [4.78, 5) is 4.39. The van der Waals surface area contributed by atoms with Crippen molar-refractivity contribution < 1.29 is 0 Å². The van der Waals surface area contributed by atoms with Crippen LogP contribution in [0.25, 0.3) is 32.3 Å². The number of aryl methyl sites for hydroxylation is 1. The lowest BCUT2D eigenvalue weighted by Crippen LogP contribution is -1.95. The van der Waals surface area contributed by atoms with Gasteiger partial charge in [0, 0.05) is 17.3 Å². The molecule has 0 amide bonds. The van der Waals surface area contributed by atoms with Crippen molar-refractivity contribution in [3.63, 3.8) is 0 Å². The molecule has 0 bridgehead atoms. The molecule has 0 saturated carbocycles. The van der Waals surface area contributed by atoms with Crippen LogP contribution in [0.15, 0.2) is 72.9 Å². The Balaban J connectivity index is 1.86. The topological polar surface area (TPSA) is 24.9 Å². The summed E-state index contributed by atoms with van der Waals surface area (Å²) in [5, 5.41) is 11.3. The van der Waals surface area contributed by atoms with Crippen molar-refractivity contribution >= 4 is 43.8 Å². The summed E-state index contributed by atoms with van der Waals surface area (Å²) < 4.78 is 0. The maximum atomic E-state index is 4.39. The average Bonchev–Trinajstić information content (AvgIpc) is 2.63. The van der Waals surface area contributed by atoms with Crippen molar-refractivity contribution in [2.75, 3.05) is 5.32 Å². The highest BCUT2D eigenvalue weighted by molar-refractivity contribution is 6.26. The molecule has 0 saturated heterocycles. The molecule has 4 aromatic carbocycles. The fraction of sp³-hybridized carbons (Fsp3) is 0.0455. The summed E-state index contributed by atoms with van der Waals surface area (Å²) in [6.45, 7) is 2.19. The highest BCUT2D eigenvalue weighted by Crippen LogP contribution is 2.39. The van der Waals surface area contributed by atoms with Gasteiger partial charge < -0.3 is 5.32 Å². The zero-order valence-corrected chi connectivity index (χ0v) is 13.4. The molecule has 0 fully saturated rings. The zero-order valence-electron chi connectivity index (χ0n) is 13.4. The van der Waals surface area contributed by atoms with Gasteiger partial charge in [0.1, 0.15) is 5.82 Å². The van der Waals surface area contributed by atoms with E-state index in [2.05, 4.69) is 65.8 Å². The van der Waals surface area contributed by atoms with Crippen LogP contribution in [0.3, 0.4) is 0 Å². The van der Waals surface area contributed by atoms with Crippen LogP contribution in [-0.2, 0) is 0 Å². The number of anilines is 2. The van der Waals surface area contributed by atoms with Gasteiger partial charge in [-0.15, -0.1) is 0 Å². The van der Waals surface area contributed by atoms with E-state index in [1.54, 1.807) is 0 Å². The first kappa shape index (κ1) is 13.3. The van der Waals surface area contributed by atoms with E-state index in [4.69, 9.17) is 0 Å². The third-order valence-electron chi connectivity index (χ3n) is 4.78. The summed E-state index contributed by atoms with van der Waals surface area (Å²) in [5.74, 6) is 0.865. The lowest BCUT2D eigenvalue weighted by atomic mass is 9.91. The van der Waals surface area contributed by atoms with Gasteiger partial charge in [-0.05, 0) is 57.6 Å². The van der Waals surface area contributed by atoms with Crippen molar-refractivity contribution in [1.82, 2.24) is 4.98 Å². The second-order valence-corrected chi connectivity index (χ2v) is 6.26. The number of aromatic nitrogens is 1. The number of hydrogen-bond donors (Lipinski definition) is 1. The van der Waals surface area contributed by atoms with Gasteiger partial charge in [0.25, 0.3) is 0 Å². The first-order valence-electron chi connectivity index (χ1n) is 8.16. The molecule has 2 heteroatoms. The van der Waals surface area contributed by atoms with Gasteiger partial charge in [0.2, 0.25) is 0 Å². The van der Waals surface area contributed by atoms with Crippen molar-refractivity contribution in [2.24, 2.45) is 0 Å². The van der Waals surface area contributed by atoms with E-state index < -0.39 is 0 Å². The van der Waals surface area contributed by atoms with Crippen LogP contribution in [-0.4, -0.2) is 4.98 Å². The number of benzene rings is 4. The molecule has 2 nitrogen and oxygen atoms in total. The molecule has 5 rings (SSSR count). The molecule has 1 N–H and O–H groups in total. The Morgan fingerprint density at radius 3 is 2.50 bits per heavy atom. The van der Waals surface area contributed by atoms with Gasteiger partial charge >= 0.3 is 0 Å². The highest BCUT2D eigenvalue weighted by atomic mass is 15.0. The second kappa shape index (κ2) is 4.93. The molecule has 24 heavy (non-hydrogen) atoms. The maximum Gasteiger partial charge on any atom is 0.130 e. The fourth-order valence-corrected chi connectivity index (χ4v) is 3.69. The molecule has 114 valence electrons. The molecule has 5 aromatic rings. The molecule has 0 aliphatic heterocycles. The molecule has 0 spiro atoms. The fourth-order valence-electron chi connectivity index (χ4n) is 3.69. The Hall–Kier alpha value is -3.13. The monoisotopic (exact) mass is 308 g/mol. The van der Waals surface area contributed by atoms with E-state index in [-0.39, 0.29) is 0 Å². The molecular weight excluding hydrogens is 292 g/mol. The maximum absolute atomic E-state index is 4.39. The second-order valence-electron chi connectivity index (χ2n) is 6.26. The van der Waals surface area contributed by atoms with Crippen molar-refractivity contribution in [3.8, 4) is 0 Å². The van der Waals surface area contributed by atoms with E-state index in [0.29, 0.717) is 0 Å². The minimum atomic E-state index is 0.865. The number of nitrogens with zero attached hydrogens (tertiary/aromatic N) is 1. The SMILES string of the molecule is Cc1cc2ccc(Nc3ccccn3)c3ccc4cccc1c4c23. The van der Waals surface area contributed by atoms with Gasteiger partial charge in [0.15, 0.2) is 0 Å². The Bertz CT molecular complexity index is 1180. The first-order valence-corrected chi connectivity index (χ1v) is 8.16. The van der Waals surface area contributed by atoms with Crippen LogP contribution < -0.4 is 5.32 Å². The van der Waals surface area contributed by atoms with Gasteiger partial charge in [-0.3, -0.25) is 0 Å². The predicted octanol–water partition coefficient (Wildman–Crippen LogP) is 6.03. The Morgan fingerprint density at radius 1 is 0.750 bits per heavy atom. The Labute approximate surface area is 140 Å². The third-order valence-corrected chi connectivity index (χ3v) is 4.78. The molecular formula is C22H16N2. The molecule has 0 unspecified atom stereocenters. The minimum absolute atomic E-state index is 0.865. The molecule has 0 aliphatic carbocycles. The van der Waals surface area contributed by atoms with E-state index >= 15 is 0 Å². The summed E-state index contributed by atoms with van der Waals surface area (Å²) >= 11 is 0. The summed E-state index contributed by atoms with van der Waals surface area (Å²) in [6, 6.07) is 23.5. The first-order chi connectivity index (χ1) is 11.8. The largest absolute Gasteiger partial charge is 0.340 e. The quantitative estimate of drug-likeness (QED) is 0.403. The average molecular weight is 308 g/mol. The smallest absolute Gasteiger partial charge is 0.130 e. The van der Waals surface area contributed by atoms with Gasteiger partial charge in [0.05, 0.1) is 0 Å². The number of nitrogens with one attached hydrogen (secondary N) is 1. The van der Waals surface area contributed by atoms with E-state index in [0.717, 1.165) is 11.5 Å². The van der Waals surface area contributed by atoms with Gasteiger partial charge in [-0.2, -0.15) is 0 Å². The van der Waals surface area contributed by atoms with Crippen LogP contribution in [0.5, 0.6) is 0 Å². The molecule has 0 aliphatic rings. The van der Waals surface area contributed by atoms with Gasteiger partial charge in [-0.1, -0.05) is 48.5 Å². The third kappa shape index (κ3) is 1.86. The summed E-state index contributed by atoms with van der Waals surface area (Å²) in [6.07, 6.45) is 1.81. The minimum Gasteiger partial charge on any atom is -0.340 e. The number of hydrogen-bond acceptors (Lipinski definition) is 2. The normalized spacial score (nSPS) is 11.5. The lowest BCUT2D eigenvalue weighted by molar-refractivity contribution is 1.31. The highest BCUT2D eigenvalue weighted by Gasteiger charge is 2.12. The van der Waals surface area contributed by atoms with Gasteiger partial charge in [-0.25, -0.2) is 4.98 Å². The van der Waals surface area contributed by atoms with Crippen molar-refractivity contribution in [3.05, 3.63) is 78.5 Å². The van der Waals surface area contributed by atoms with Crippen molar-refractivity contribution in [1.29, 1.82) is 0 Å². The van der Waals surface area contributed by atoms with Crippen LogP contribution in [0.2, 0.25) is 0 Å². The standard InChI is InChI=1S/C22H16N2/c1-14-13-16-9-11-19(24-20-7-2-3-12-23-20)18-10-8-15-5-4-6-17(14)21(15)22(16)18/h2-13H,1H3,(H,23,24). The van der Waals surface area contributed by atoms with E-state index in [1.165, 1.54) is 37.9 Å². The number of rotatable bonds is 2. The molecule has 0 radical (unpaired) electrons. The summed E-state index contributed by atoms with van der Waals surface area (Å²) in [5.41, 5.74) is 2.42. The molecule has 1 aromatic heterocycles. The van der Waals surface area contributed by atoms with Crippen LogP contribution >= 0.6 is 0 Å². The van der Waals surface area contributed by atoms with Crippen molar-refractivity contribution in [2.45, 2.75) is 6.92 Å². The summed E-state index contributed by atoms with van der Waals surface area (Å²) in [7, 11) is 0. The zero-order chi connectivity index (χ0) is 16.1. The van der Waals surface area contributed by atoms with E-state index in [9.17, 15) is 0 Å². The lowest BCUT2D eigenvalue weighted by Gasteiger charge is -2.16. The van der Waals surface area contributed by atoms with Crippen LogP contribution in [0.4, 0.5) is 11.5 Å². The molecule has 0 atom stereocenters. The number of pyridine rings is 1. The predicted molar refractivity (Wildman–Crippen MR) is 102 cm³/mol. The Kier molecular flexibility index (Phi) is 2.74. The molecule has 1 heterocycles. The van der Waals surface area contributed by atoms with E-state index in [1.807, 2.05) is 24.4 Å². The van der Waals surface area contributed by atoms with Crippen LogP contribution in [0, 0.1) is 6.92 Å². The Morgan fingerprint density at radius 2 is 1.62 bits per heavy atom. The van der Waals surface area contributed by atoms with Crippen LogP contribution in [0.1, 0.15) is 5.56 Å².